The number of nitrogen functional groups attached to an aromatic ring is 1. The first-order valence-corrected chi connectivity index (χ1v) is 9.99. The van der Waals surface area contributed by atoms with E-state index in [9.17, 15) is 9.18 Å². The lowest BCUT2D eigenvalue weighted by Gasteiger charge is -2.08. The van der Waals surface area contributed by atoms with Crippen molar-refractivity contribution in [2.75, 3.05) is 17.6 Å². The summed E-state index contributed by atoms with van der Waals surface area (Å²) in [5, 5.41) is 6.06. The first-order valence-electron chi connectivity index (χ1n) is 9.99. The smallest absolute Gasteiger partial charge is 0.256 e. The lowest BCUT2D eigenvalue weighted by molar-refractivity contribution is 0.102. The predicted molar refractivity (Wildman–Crippen MR) is 115 cm³/mol. The molecule has 1 fully saturated rings. The molecule has 3 aromatic heterocycles. The average Bonchev–Trinajstić information content (AvgIpc) is 3.42. The number of anilines is 2. The minimum Gasteiger partial charge on any atom is -0.382 e. The molecule has 31 heavy (non-hydrogen) atoms. The molecule has 1 atom stereocenters. The van der Waals surface area contributed by atoms with Crippen molar-refractivity contribution in [3.05, 3.63) is 72.2 Å². The number of pyridine rings is 1. The molecule has 1 aromatic carbocycles. The average molecular weight is 417 g/mol. The summed E-state index contributed by atoms with van der Waals surface area (Å²) in [5.41, 5.74) is 8.89. The fourth-order valence-electron chi connectivity index (χ4n) is 3.88. The van der Waals surface area contributed by atoms with E-state index in [0.717, 1.165) is 42.4 Å². The standard InChI is InChI=1S/C22H20FN7O/c23-15-7-9-26-17(12-15)28-22(31)14-5-3-13(4-6-14)18-19-20(24)27-10-11-30(19)21(29-18)16-2-1-8-25-16/h3-7,9-12,16,25H,1-2,8H2,(H2,24,27)(H,26,28,31)/t16-/m0/s1. The zero-order chi connectivity index (χ0) is 21.4. The SMILES string of the molecule is Nc1nccn2c([C@@H]3CCCN3)nc(-c3ccc(C(=O)Nc4cc(F)ccn4)cc3)c12. The highest BCUT2D eigenvalue weighted by Crippen LogP contribution is 2.32. The van der Waals surface area contributed by atoms with Crippen LogP contribution >= 0.6 is 0 Å². The van der Waals surface area contributed by atoms with Crippen molar-refractivity contribution >= 4 is 23.1 Å². The number of nitrogens with one attached hydrogen (secondary N) is 2. The monoisotopic (exact) mass is 417 g/mol. The third kappa shape index (κ3) is 3.59. The maximum Gasteiger partial charge on any atom is 0.256 e. The fraction of sp³-hybridized carbons (Fsp3) is 0.182. The molecule has 0 radical (unpaired) electrons. The predicted octanol–water partition coefficient (Wildman–Crippen LogP) is 3.19. The van der Waals surface area contributed by atoms with Crippen molar-refractivity contribution in [2.45, 2.75) is 18.9 Å². The quantitative estimate of drug-likeness (QED) is 0.470. The van der Waals surface area contributed by atoms with Gasteiger partial charge in [0.05, 0.1) is 6.04 Å². The largest absolute Gasteiger partial charge is 0.382 e. The third-order valence-corrected chi connectivity index (χ3v) is 5.37. The normalized spacial score (nSPS) is 16.0. The number of carbonyl (C=O) groups is 1. The van der Waals surface area contributed by atoms with E-state index in [1.807, 2.05) is 22.7 Å². The van der Waals surface area contributed by atoms with Gasteiger partial charge < -0.3 is 16.4 Å². The van der Waals surface area contributed by atoms with Crippen molar-refractivity contribution in [1.29, 1.82) is 0 Å². The third-order valence-electron chi connectivity index (χ3n) is 5.37. The molecule has 156 valence electrons. The summed E-state index contributed by atoms with van der Waals surface area (Å²) in [4.78, 5) is 25.5. The zero-order valence-corrected chi connectivity index (χ0v) is 16.5. The first kappa shape index (κ1) is 19.1. The van der Waals surface area contributed by atoms with Crippen molar-refractivity contribution < 1.29 is 9.18 Å². The molecule has 4 heterocycles. The van der Waals surface area contributed by atoms with Crippen molar-refractivity contribution in [3.63, 3.8) is 0 Å². The molecule has 8 nitrogen and oxygen atoms in total. The maximum atomic E-state index is 13.3. The highest BCUT2D eigenvalue weighted by Gasteiger charge is 2.24. The Labute approximate surface area is 177 Å². The van der Waals surface area contributed by atoms with E-state index in [0.29, 0.717) is 17.1 Å². The number of imidazole rings is 1. The molecule has 5 rings (SSSR count). The Kier molecular flexibility index (Phi) is 4.79. The van der Waals surface area contributed by atoms with Gasteiger partial charge in [-0.25, -0.2) is 19.3 Å². The number of aromatic nitrogens is 4. The summed E-state index contributed by atoms with van der Waals surface area (Å²) in [6, 6.07) is 9.55. The summed E-state index contributed by atoms with van der Waals surface area (Å²) < 4.78 is 15.3. The fourth-order valence-corrected chi connectivity index (χ4v) is 3.88. The Balaban J connectivity index is 1.47. The van der Waals surface area contributed by atoms with Gasteiger partial charge in [-0.05, 0) is 37.6 Å². The minimum absolute atomic E-state index is 0.154. The Bertz CT molecular complexity index is 1260. The van der Waals surface area contributed by atoms with E-state index in [4.69, 9.17) is 10.7 Å². The molecule has 0 spiro atoms. The molecule has 9 heteroatoms. The van der Waals surface area contributed by atoms with E-state index < -0.39 is 5.82 Å². The van der Waals surface area contributed by atoms with Gasteiger partial charge in [0.2, 0.25) is 0 Å². The second kappa shape index (κ2) is 7.77. The van der Waals surface area contributed by atoms with Gasteiger partial charge in [-0.3, -0.25) is 9.20 Å². The number of halogens is 1. The number of rotatable bonds is 4. The van der Waals surface area contributed by atoms with E-state index in [2.05, 4.69) is 20.6 Å². The van der Waals surface area contributed by atoms with Crippen LogP contribution in [0.3, 0.4) is 0 Å². The van der Waals surface area contributed by atoms with Crippen LogP contribution in [0.4, 0.5) is 16.0 Å². The summed E-state index contributed by atoms with van der Waals surface area (Å²) in [7, 11) is 0. The molecule has 1 aliphatic heterocycles. The molecule has 0 aliphatic carbocycles. The van der Waals surface area contributed by atoms with Gasteiger partial charge in [-0.15, -0.1) is 0 Å². The van der Waals surface area contributed by atoms with Crippen LogP contribution in [0.25, 0.3) is 16.8 Å². The Morgan fingerprint density at radius 1 is 1.19 bits per heavy atom. The summed E-state index contributed by atoms with van der Waals surface area (Å²) in [6.45, 7) is 0.958. The molecule has 4 N–H and O–H groups in total. The van der Waals surface area contributed by atoms with E-state index in [1.165, 1.54) is 12.3 Å². The second-order valence-corrected chi connectivity index (χ2v) is 7.39. The number of fused-ring (bicyclic) bond motifs is 1. The lowest BCUT2D eigenvalue weighted by atomic mass is 10.1. The second-order valence-electron chi connectivity index (χ2n) is 7.39. The van der Waals surface area contributed by atoms with Gasteiger partial charge in [0.15, 0.2) is 0 Å². The lowest BCUT2D eigenvalue weighted by Crippen LogP contribution is -2.16. The molecule has 1 saturated heterocycles. The molecule has 0 unspecified atom stereocenters. The van der Waals surface area contributed by atoms with Gasteiger partial charge in [0.1, 0.15) is 34.5 Å². The van der Waals surface area contributed by atoms with Gasteiger partial charge >= 0.3 is 0 Å². The number of benzene rings is 1. The molecular weight excluding hydrogens is 397 g/mol. The maximum absolute atomic E-state index is 13.3. The molecular formula is C22H20FN7O. The van der Waals surface area contributed by atoms with Crippen LogP contribution in [0.15, 0.2) is 55.0 Å². The van der Waals surface area contributed by atoms with Crippen molar-refractivity contribution in [2.24, 2.45) is 0 Å². The van der Waals surface area contributed by atoms with E-state index in [-0.39, 0.29) is 17.8 Å². The number of amides is 1. The number of hydrogen-bond acceptors (Lipinski definition) is 6. The minimum atomic E-state index is -0.467. The molecule has 0 bridgehead atoms. The van der Waals surface area contributed by atoms with Crippen LogP contribution in [-0.2, 0) is 0 Å². The summed E-state index contributed by atoms with van der Waals surface area (Å²) >= 11 is 0. The van der Waals surface area contributed by atoms with Crippen LogP contribution in [0.5, 0.6) is 0 Å². The first-order chi connectivity index (χ1) is 15.1. The summed E-state index contributed by atoms with van der Waals surface area (Å²) in [5.74, 6) is 0.605. The summed E-state index contributed by atoms with van der Waals surface area (Å²) in [6.07, 6.45) is 6.94. The Morgan fingerprint density at radius 3 is 2.77 bits per heavy atom. The molecule has 0 saturated carbocycles. The topological polar surface area (TPSA) is 110 Å². The van der Waals surface area contributed by atoms with Crippen LogP contribution < -0.4 is 16.4 Å². The van der Waals surface area contributed by atoms with Gasteiger partial charge in [-0.1, -0.05) is 12.1 Å². The molecule has 1 amide bonds. The highest BCUT2D eigenvalue weighted by molar-refractivity contribution is 6.04. The van der Waals surface area contributed by atoms with Crippen LogP contribution in [-0.4, -0.2) is 31.8 Å². The van der Waals surface area contributed by atoms with Crippen LogP contribution in [0, 0.1) is 5.82 Å². The van der Waals surface area contributed by atoms with Crippen molar-refractivity contribution in [3.8, 4) is 11.3 Å². The number of nitrogens with two attached hydrogens (primary N) is 1. The van der Waals surface area contributed by atoms with Crippen molar-refractivity contribution in [1.82, 2.24) is 24.7 Å². The van der Waals surface area contributed by atoms with Crippen LogP contribution in [0.1, 0.15) is 35.1 Å². The number of nitrogens with zero attached hydrogens (tertiary/aromatic N) is 4. The molecule has 4 aromatic rings. The number of hydrogen-bond donors (Lipinski definition) is 3. The highest BCUT2D eigenvalue weighted by atomic mass is 19.1. The van der Waals surface area contributed by atoms with Crippen LogP contribution in [0.2, 0.25) is 0 Å². The number of carbonyl (C=O) groups excluding carboxylic acids is 1. The van der Waals surface area contributed by atoms with E-state index >= 15 is 0 Å². The van der Waals surface area contributed by atoms with Gasteiger partial charge in [-0.2, -0.15) is 0 Å². The Morgan fingerprint density at radius 2 is 2.03 bits per heavy atom. The van der Waals surface area contributed by atoms with E-state index in [1.54, 1.807) is 18.3 Å². The van der Waals surface area contributed by atoms with Gasteiger partial charge in [0, 0.05) is 35.8 Å². The zero-order valence-electron chi connectivity index (χ0n) is 16.5. The van der Waals surface area contributed by atoms with Gasteiger partial charge in [0.25, 0.3) is 5.91 Å². The Hall–Kier alpha value is -3.85. The molecule has 1 aliphatic rings.